The molecule has 0 spiro atoms. The fourth-order valence-corrected chi connectivity index (χ4v) is 2.62. The molecule has 1 heterocycles. The van der Waals surface area contributed by atoms with Crippen LogP contribution in [0.15, 0.2) is 24.5 Å². The van der Waals surface area contributed by atoms with E-state index >= 15 is 0 Å². The van der Waals surface area contributed by atoms with E-state index in [0.29, 0.717) is 33.1 Å². The van der Waals surface area contributed by atoms with E-state index in [0.717, 1.165) is 13.1 Å². The summed E-state index contributed by atoms with van der Waals surface area (Å²) in [5.41, 5.74) is 11.6. The van der Waals surface area contributed by atoms with Gasteiger partial charge in [-0.2, -0.15) is 0 Å². The van der Waals surface area contributed by atoms with Crippen LogP contribution in [-0.2, 0) is 4.79 Å². The Morgan fingerprint density at radius 3 is 2.65 bits per heavy atom. The van der Waals surface area contributed by atoms with Gasteiger partial charge in [-0.25, -0.2) is 9.97 Å². The van der Waals surface area contributed by atoms with Crippen molar-refractivity contribution in [1.29, 1.82) is 0 Å². The number of hydrazine groups is 1. The number of nitrogens with one attached hydrogen (secondary N) is 2. The van der Waals surface area contributed by atoms with Crippen molar-refractivity contribution in [3.8, 4) is 5.75 Å². The lowest BCUT2D eigenvalue weighted by Gasteiger charge is -2.22. The number of carbonyl (C=O) groups is 1. The van der Waals surface area contributed by atoms with Gasteiger partial charge in [0.05, 0.1) is 5.02 Å². The lowest BCUT2D eigenvalue weighted by molar-refractivity contribution is -0.122. The summed E-state index contributed by atoms with van der Waals surface area (Å²) in [6, 6.07) is 4.74. The molecular weight excluding hydrogens is 379 g/mol. The van der Waals surface area contributed by atoms with Gasteiger partial charge in [-0.05, 0) is 32.0 Å². The molecule has 0 atom stereocenters. The van der Waals surface area contributed by atoms with Crippen molar-refractivity contribution in [1.82, 2.24) is 15.4 Å². The molecule has 140 valence electrons. The van der Waals surface area contributed by atoms with Crippen molar-refractivity contribution >= 4 is 46.4 Å². The molecule has 2 rings (SSSR count). The van der Waals surface area contributed by atoms with Crippen LogP contribution in [0.25, 0.3) is 0 Å². The Bertz CT molecular complexity index is 770. The van der Waals surface area contributed by atoms with E-state index in [4.69, 9.17) is 33.7 Å². The third-order valence-corrected chi connectivity index (χ3v) is 4.03. The van der Waals surface area contributed by atoms with Crippen LogP contribution < -0.4 is 26.2 Å². The zero-order chi connectivity index (χ0) is 19.1. The Morgan fingerprint density at radius 2 is 2.00 bits per heavy atom. The topological polar surface area (TPSA) is 105 Å². The number of halogens is 2. The van der Waals surface area contributed by atoms with E-state index in [9.17, 15) is 4.79 Å². The van der Waals surface area contributed by atoms with Crippen molar-refractivity contribution in [2.75, 3.05) is 35.8 Å². The van der Waals surface area contributed by atoms with E-state index in [2.05, 4.69) is 20.8 Å². The highest BCUT2D eigenvalue weighted by molar-refractivity contribution is 6.35. The van der Waals surface area contributed by atoms with Gasteiger partial charge in [0, 0.05) is 18.1 Å². The minimum absolute atomic E-state index is 0.248. The van der Waals surface area contributed by atoms with Gasteiger partial charge in [0.1, 0.15) is 17.8 Å². The molecule has 0 unspecified atom stereocenters. The summed E-state index contributed by atoms with van der Waals surface area (Å²) in [7, 11) is 0. The number of aromatic nitrogens is 2. The van der Waals surface area contributed by atoms with Crippen LogP contribution >= 0.6 is 23.2 Å². The van der Waals surface area contributed by atoms with Gasteiger partial charge >= 0.3 is 0 Å². The Labute approximate surface area is 161 Å². The smallest absolute Gasteiger partial charge is 0.276 e. The molecule has 1 aromatic carbocycles. The Hall–Kier alpha value is -2.45. The maximum absolute atomic E-state index is 11.9. The SMILES string of the molecule is CCN(CC)c1ncnc(NNC(=O)COc2ccc(Cl)cc2Cl)c1N. The summed E-state index contributed by atoms with van der Waals surface area (Å²) in [5, 5.41) is 0.805. The average Bonchev–Trinajstić information content (AvgIpc) is 2.62. The zero-order valence-corrected chi connectivity index (χ0v) is 15.9. The first kappa shape index (κ1) is 19.9. The van der Waals surface area contributed by atoms with E-state index in [1.54, 1.807) is 12.1 Å². The highest BCUT2D eigenvalue weighted by Gasteiger charge is 2.13. The number of benzene rings is 1. The fraction of sp³-hybridized carbons (Fsp3) is 0.312. The summed E-state index contributed by atoms with van der Waals surface area (Å²) in [6.07, 6.45) is 1.38. The maximum atomic E-state index is 11.9. The van der Waals surface area contributed by atoms with Gasteiger partial charge in [-0.3, -0.25) is 15.6 Å². The van der Waals surface area contributed by atoms with Gasteiger partial charge in [0.2, 0.25) is 0 Å². The van der Waals surface area contributed by atoms with E-state index in [-0.39, 0.29) is 6.61 Å². The highest BCUT2D eigenvalue weighted by Crippen LogP contribution is 2.27. The molecule has 0 saturated carbocycles. The molecular formula is C16H20Cl2N6O2. The molecule has 26 heavy (non-hydrogen) atoms. The molecule has 10 heteroatoms. The molecule has 2 aromatic rings. The van der Waals surface area contributed by atoms with Crippen molar-refractivity contribution in [2.45, 2.75) is 13.8 Å². The quantitative estimate of drug-likeness (QED) is 0.586. The molecule has 0 saturated heterocycles. The van der Waals surface area contributed by atoms with Crippen molar-refractivity contribution in [2.24, 2.45) is 0 Å². The number of nitrogens with zero attached hydrogens (tertiary/aromatic N) is 3. The predicted octanol–water partition coefficient (Wildman–Crippen LogP) is 2.73. The molecule has 1 amide bonds. The molecule has 0 fully saturated rings. The van der Waals surface area contributed by atoms with Crippen molar-refractivity contribution in [3.05, 3.63) is 34.6 Å². The van der Waals surface area contributed by atoms with Crippen LogP contribution in [0, 0.1) is 0 Å². The average molecular weight is 399 g/mol. The summed E-state index contributed by atoms with van der Waals surface area (Å²) in [4.78, 5) is 22.2. The number of nitrogens with two attached hydrogens (primary N) is 1. The van der Waals surface area contributed by atoms with Gasteiger partial charge < -0.3 is 15.4 Å². The number of rotatable bonds is 8. The molecule has 0 aliphatic rings. The number of hydrogen-bond donors (Lipinski definition) is 3. The lowest BCUT2D eigenvalue weighted by atomic mass is 10.3. The summed E-state index contributed by atoms with van der Waals surface area (Å²) < 4.78 is 5.35. The predicted molar refractivity (Wildman–Crippen MR) is 104 cm³/mol. The number of nitrogen functional groups attached to an aromatic ring is 1. The third kappa shape index (κ3) is 5.03. The van der Waals surface area contributed by atoms with Crippen LogP contribution in [-0.4, -0.2) is 35.6 Å². The van der Waals surface area contributed by atoms with Crippen molar-refractivity contribution < 1.29 is 9.53 Å². The third-order valence-electron chi connectivity index (χ3n) is 3.50. The molecule has 4 N–H and O–H groups in total. The van der Waals surface area contributed by atoms with E-state index < -0.39 is 5.91 Å². The number of ether oxygens (including phenoxy) is 1. The monoisotopic (exact) mass is 398 g/mol. The minimum Gasteiger partial charge on any atom is -0.482 e. The van der Waals surface area contributed by atoms with Crippen molar-refractivity contribution in [3.63, 3.8) is 0 Å². The van der Waals surface area contributed by atoms with Crippen LogP contribution in [0.4, 0.5) is 17.3 Å². The first-order valence-electron chi connectivity index (χ1n) is 7.94. The van der Waals surface area contributed by atoms with Crippen LogP contribution in [0.5, 0.6) is 5.75 Å². The molecule has 8 nitrogen and oxygen atoms in total. The first-order chi connectivity index (χ1) is 12.5. The number of anilines is 3. The molecule has 0 radical (unpaired) electrons. The van der Waals surface area contributed by atoms with E-state index in [1.165, 1.54) is 12.4 Å². The summed E-state index contributed by atoms with van der Waals surface area (Å²) >= 11 is 11.8. The highest BCUT2D eigenvalue weighted by atomic mass is 35.5. The number of amides is 1. The van der Waals surface area contributed by atoms with Gasteiger partial charge in [-0.1, -0.05) is 23.2 Å². The molecule has 1 aromatic heterocycles. The maximum Gasteiger partial charge on any atom is 0.276 e. The Kier molecular flexibility index (Phi) is 7.11. The van der Waals surface area contributed by atoms with Crippen LogP contribution in [0.3, 0.4) is 0 Å². The standard InChI is InChI=1S/C16H20Cl2N6O2/c1-3-24(4-2)16-14(19)15(20-9-21-16)23-22-13(25)8-26-12-6-5-10(17)7-11(12)18/h5-7,9H,3-4,8,19H2,1-2H3,(H,22,25)(H,20,21,23). The summed E-state index contributed by atoms with van der Waals surface area (Å²) in [5.74, 6) is 0.834. The Morgan fingerprint density at radius 1 is 1.27 bits per heavy atom. The largest absolute Gasteiger partial charge is 0.482 e. The van der Waals surface area contributed by atoms with Crippen LogP contribution in [0.1, 0.15) is 13.8 Å². The summed E-state index contributed by atoms with van der Waals surface area (Å²) in [6.45, 7) is 5.25. The molecule has 0 aliphatic carbocycles. The first-order valence-corrected chi connectivity index (χ1v) is 8.69. The lowest BCUT2D eigenvalue weighted by Crippen LogP contribution is -2.34. The second-order valence-electron chi connectivity index (χ2n) is 5.17. The van der Waals surface area contributed by atoms with Gasteiger partial charge in [0.25, 0.3) is 5.91 Å². The van der Waals surface area contributed by atoms with Gasteiger partial charge in [0.15, 0.2) is 18.2 Å². The second kappa shape index (κ2) is 9.30. The normalized spacial score (nSPS) is 10.3. The molecule has 0 aliphatic heterocycles. The molecule has 0 bridgehead atoms. The second-order valence-corrected chi connectivity index (χ2v) is 6.01. The van der Waals surface area contributed by atoms with Crippen LogP contribution in [0.2, 0.25) is 10.0 Å². The fourth-order valence-electron chi connectivity index (χ4n) is 2.16. The minimum atomic E-state index is -0.432. The Balaban J connectivity index is 1.94. The van der Waals surface area contributed by atoms with Gasteiger partial charge in [-0.15, -0.1) is 0 Å². The zero-order valence-electron chi connectivity index (χ0n) is 14.4. The van der Waals surface area contributed by atoms with E-state index in [1.807, 2.05) is 18.7 Å². The number of carbonyl (C=O) groups excluding carboxylic acids is 1. The number of hydrogen-bond acceptors (Lipinski definition) is 7.